The molecule has 1 fully saturated rings. The number of benzene rings is 1. The largest absolute Gasteiger partial charge is 0.465 e. The standard InChI is InChI=1S/C22H36N2O3/c1-15(2)23-13-11-19(12-14-23)20(25)18-9-7-17(8-10-18)16(3)24(21(26)27)22(4,5)6/h7-10,15-16,19-20,25H,11-14H2,1-6H3,(H,26,27)/t16-,20?/m0/s1. The lowest BCUT2D eigenvalue weighted by atomic mass is 9.86. The number of nitrogens with zero attached hydrogens (tertiary/aromatic N) is 2. The highest BCUT2D eigenvalue weighted by Gasteiger charge is 2.32. The number of piperidine rings is 1. The fourth-order valence-corrected chi connectivity index (χ4v) is 4.18. The van der Waals surface area contributed by atoms with Gasteiger partial charge in [-0.3, -0.25) is 4.90 Å². The van der Waals surface area contributed by atoms with E-state index in [0.29, 0.717) is 6.04 Å². The van der Waals surface area contributed by atoms with Gasteiger partial charge in [0.1, 0.15) is 0 Å². The van der Waals surface area contributed by atoms with Gasteiger partial charge in [-0.05, 0) is 84.5 Å². The number of hydrogen-bond donors (Lipinski definition) is 2. The van der Waals surface area contributed by atoms with Crippen molar-refractivity contribution in [2.45, 2.75) is 78.1 Å². The average molecular weight is 377 g/mol. The van der Waals surface area contributed by atoms with Crippen LogP contribution in [0.15, 0.2) is 24.3 Å². The number of carboxylic acid groups (broad SMARTS) is 1. The van der Waals surface area contributed by atoms with Gasteiger partial charge in [-0.1, -0.05) is 24.3 Å². The topological polar surface area (TPSA) is 64.0 Å². The summed E-state index contributed by atoms with van der Waals surface area (Å²) < 4.78 is 0. The Kier molecular flexibility index (Phi) is 6.92. The minimum atomic E-state index is -0.920. The van der Waals surface area contributed by atoms with Crippen LogP contribution < -0.4 is 0 Å². The van der Waals surface area contributed by atoms with Gasteiger partial charge in [0.25, 0.3) is 0 Å². The van der Waals surface area contributed by atoms with Crippen molar-refractivity contribution in [1.29, 1.82) is 0 Å². The van der Waals surface area contributed by atoms with Crippen molar-refractivity contribution in [3.63, 3.8) is 0 Å². The van der Waals surface area contributed by atoms with E-state index in [0.717, 1.165) is 37.1 Å². The van der Waals surface area contributed by atoms with Crippen LogP contribution in [0.4, 0.5) is 4.79 Å². The minimum absolute atomic E-state index is 0.247. The molecule has 5 nitrogen and oxygen atoms in total. The van der Waals surface area contributed by atoms with Crippen molar-refractivity contribution in [2.24, 2.45) is 5.92 Å². The molecule has 1 unspecified atom stereocenters. The van der Waals surface area contributed by atoms with E-state index in [-0.39, 0.29) is 12.0 Å². The minimum Gasteiger partial charge on any atom is -0.465 e. The summed E-state index contributed by atoms with van der Waals surface area (Å²) in [4.78, 5) is 15.6. The number of amides is 1. The molecular formula is C22H36N2O3. The van der Waals surface area contributed by atoms with E-state index < -0.39 is 17.7 Å². The lowest BCUT2D eigenvalue weighted by Crippen LogP contribution is -2.46. The van der Waals surface area contributed by atoms with Gasteiger partial charge < -0.3 is 15.1 Å². The fraction of sp³-hybridized carbons (Fsp3) is 0.682. The van der Waals surface area contributed by atoms with Crippen LogP contribution in [0.2, 0.25) is 0 Å². The van der Waals surface area contributed by atoms with Gasteiger partial charge in [-0.2, -0.15) is 0 Å². The van der Waals surface area contributed by atoms with Gasteiger partial charge in [-0.25, -0.2) is 4.79 Å². The van der Waals surface area contributed by atoms with Crippen LogP contribution in [-0.4, -0.2) is 50.8 Å². The van der Waals surface area contributed by atoms with Gasteiger partial charge in [0.15, 0.2) is 0 Å². The van der Waals surface area contributed by atoms with Crippen LogP contribution in [0.3, 0.4) is 0 Å². The molecule has 0 aliphatic carbocycles. The van der Waals surface area contributed by atoms with E-state index in [1.807, 2.05) is 52.0 Å². The smallest absolute Gasteiger partial charge is 0.408 e. The lowest BCUT2D eigenvalue weighted by molar-refractivity contribution is 0.0498. The SMILES string of the molecule is CC(C)N1CCC(C(O)c2ccc([C@H](C)N(C(=O)O)C(C)(C)C)cc2)CC1. The molecule has 0 aromatic heterocycles. The highest BCUT2D eigenvalue weighted by molar-refractivity contribution is 5.66. The summed E-state index contributed by atoms with van der Waals surface area (Å²) in [5, 5.41) is 20.4. The van der Waals surface area contributed by atoms with Crippen LogP contribution in [0.1, 0.15) is 77.7 Å². The molecule has 27 heavy (non-hydrogen) atoms. The predicted octanol–water partition coefficient (Wildman–Crippen LogP) is 4.68. The van der Waals surface area contributed by atoms with Gasteiger partial charge in [-0.15, -0.1) is 0 Å². The third-order valence-corrected chi connectivity index (χ3v) is 5.83. The van der Waals surface area contributed by atoms with E-state index in [1.54, 1.807) is 0 Å². The molecule has 5 heteroatoms. The first-order chi connectivity index (χ1) is 12.5. The molecule has 1 heterocycles. The first kappa shape index (κ1) is 21.7. The molecular weight excluding hydrogens is 340 g/mol. The highest BCUT2D eigenvalue weighted by atomic mass is 16.4. The maximum absolute atomic E-state index is 11.7. The Labute approximate surface area is 164 Å². The second-order valence-corrected chi connectivity index (χ2v) is 9.08. The number of aliphatic hydroxyl groups is 1. The monoisotopic (exact) mass is 376 g/mol. The lowest BCUT2D eigenvalue weighted by Gasteiger charge is -2.38. The number of hydrogen-bond acceptors (Lipinski definition) is 3. The van der Waals surface area contributed by atoms with E-state index in [2.05, 4.69) is 18.7 Å². The molecule has 1 amide bonds. The summed E-state index contributed by atoms with van der Waals surface area (Å²) in [6, 6.07) is 8.12. The Balaban J connectivity index is 2.07. The van der Waals surface area contributed by atoms with Crippen LogP contribution in [0, 0.1) is 5.92 Å². The van der Waals surface area contributed by atoms with Crippen LogP contribution in [0.25, 0.3) is 0 Å². The van der Waals surface area contributed by atoms with E-state index in [9.17, 15) is 15.0 Å². The van der Waals surface area contributed by atoms with E-state index in [1.165, 1.54) is 4.90 Å². The van der Waals surface area contributed by atoms with Gasteiger partial charge >= 0.3 is 6.09 Å². The number of rotatable bonds is 5. The molecule has 1 aromatic rings. The zero-order chi connectivity index (χ0) is 20.4. The Bertz CT molecular complexity index is 613. The third-order valence-electron chi connectivity index (χ3n) is 5.83. The van der Waals surface area contributed by atoms with Crippen LogP contribution >= 0.6 is 0 Å². The summed E-state index contributed by atoms with van der Waals surface area (Å²) in [7, 11) is 0. The Morgan fingerprint density at radius 2 is 1.56 bits per heavy atom. The predicted molar refractivity (Wildman–Crippen MR) is 109 cm³/mol. The second kappa shape index (κ2) is 8.61. The molecule has 0 spiro atoms. The molecule has 1 aromatic carbocycles. The van der Waals surface area contributed by atoms with Crippen molar-refractivity contribution in [1.82, 2.24) is 9.80 Å². The summed E-state index contributed by atoms with van der Waals surface area (Å²) in [5.74, 6) is 0.286. The first-order valence-corrected chi connectivity index (χ1v) is 10.1. The number of likely N-dealkylation sites (tertiary alicyclic amines) is 1. The molecule has 0 radical (unpaired) electrons. The average Bonchev–Trinajstić information content (AvgIpc) is 2.59. The quantitative estimate of drug-likeness (QED) is 0.783. The molecule has 1 aliphatic rings. The third kappa shape index (κ3) is 5.23. The Morgan fingerprint density at radius 1 is 1.07 bits per heavy atom. The molecule has 2 atom stereocenters. The summed E-state index contributed by atoms with van der Waals surface area (Å²) in [6.07, 6.45) is 0.640. The van der Waals surface area contributed by atoms with Crippen molar-refractivity contribution >= 4 is 6.09 Å². The summed E-state index contributed by atoms with van der Waals surface area (Å²) >= 11 is 0. The Morgan fingerprint density at radius 3 is 1.96 bits per heavy atom. The number of carbonyl (C=O) groups is 1. The van der Waals surface area contributed by atoms with Crippen LogP contribution in [0.5, 0.6) is 0 Å². The van der Waals surface area contributed by atoms with Gasteiger partial charge in [0.05, 0.1) is 12.1 Å². The molecule has 2 rings (SSSR count). The fourth-order valence-electron chi connectivity index (χ4n) is 4.18. The summed E-state index contributed by atoms with van der Waals surface area (Å²) in [6.45, 7) is 14.1. The van der Waals surface area contributed by atoms with Crippen molar-refractivity contribution in [3.05, 3.63) is 35.4 Å². The molecule has 2 N–H and O–H groups in total. The van der Waals surface area contributed by atoms with E-state index in [4.69, 9.17) is 0 Å². The van der Waals surface area contributed by atoms with Crippen molar-refractivity contribution < 1.29 is 15.0 Å². The normalized spacial score (nSPS) is 19.1. The van der Waals surface area contributed by atoms with Gasteiger partial charge in [0, 0.05) is 11.6 Å². The van der Waals surface area contributed by atoms with E-state index >= 15 is 0 Å². The molecule has 0 bridgehead atoms. The summed E-state index contributed by atoms with van der Waals surface area (Å²) in [5.41, 5.74) is 1.39. The maximum Gasteiger partial charge on any atom is 0.408 e. The first-order valence-electron chi connectivity index (χ1n) is 10.1. The molecule has 152 valence electrons. The molecule has 1 saturated heterocycles. The number of aliphatic hydroxyl groups excluding tert-OH is 1. The van der Waals surface area contributed by atoms with Crippen LogP contribution in [-0.2, 0) is 0 Å². The molecule has 1 aliphatic heterocycles. The van der Waals surface area contributed by atoms with Gasteiger partial charge in [0.2, 0.25) is 0 Å². The Hall–Kier alpha value is -1.59. The maximum atomic E-state index is 11.7. The zero-order valence-electron chi connectivity index (χ0n) is 17.6. The second-order valence-electron chi connectivity index (χ2n) is 9.08. The molecule has 0 saturated carbocycles. The van der Waals surface area contributed by atoms with Crippen molar-refractivity contribution in [2.75, 3.05) is 13.1 Å². The highest BCUT2D eigenvalue weighted by Crippen LogP contribution is 2.33. The van der Waals surface area contributed by atoms with Crippen molar-refractivity contribution in [3.8, 4) is 0 Å². The zero-order valence-corrected chi connectivity index (χ0v) is 17.6.